The first kappa shape index (κ1) is 29.0. The fraction of sp³-hybridized carbons (Fsp3) is 0.625. The van der Waals surface area contributed by atoms with Gasteiger partial charge in [-0.1, -0.05) is 12.1 Å². The minimum atomic E-state index is -0.481. The molecule has 1 amide bonds. The van der Waals surface area contributed by atoms with Crippen molar-refractivity contribution in [3.8, 4) is 6.07 Å². The third-order valence-corrected chi connectivity index (χ3v) is 4.91. The number of hydrogen-bond acceptors (Lipinski definition) is 5. The number of nitrogens with one attached hydrogen (secondary N) is 2. The number of alkyl carbamates (subject to hydrolysis) is 1. The second-order valence-electron chi connectivity index (χ2n) is 8.82. The normalized spacial score (nSPS) is 14.8. The number of hydrogen-bond donors (Lipinski definition) is 2. The van der Waals surface area contributed by atoms with Gasteiger partial charge >= 0.3 is 6.09 Å². The highest BCUT2D eigenvalue weighted by Crippen LogP contribution is 2.15. The van der Waals surface area contributed by atoms with Gasteiger partial charge in [0.15, 0.2) is 5.96 Å². The number of ether oxygens (including phenoxy) is 2. The number of likely N-dealkylation sites (tertiary alicyclic amines) is 1. The van der Waals surface area contributed by atoms with Crippen LogP contribution in [0.2, 0.25) is 0 Å². The second kappa shape index (κ2) is 15.0. The maximum atomic E-state index is 11.6. The first-order chi connectivity index (χ1) is 15.3. The van der Waals surface area contributed by atoms with E-state index < -0.39 is 5.60 Å². The molecule has 1 fully saturated rings. The van der Waals surface area contributed by atoms with Crippen LogP contribution in [-0.2, 0) is 16.0 Å². The minimum absolute atomic E-state index is 0. The van der Waals surface area contributed by atoms with Gasteiger partial charge in [-0.2, -0.15) is 5.26 Å². The molecule has 0 atom stereocenters. The van der Waals surface area contributed by atoms with Gasteiger partial charge in [0.1, 0.15) is 5.60 Å². The molecule has 0 radical (unpaired) electrons. The summed E-state index contributed by atoms with van der Waals surface area (Å²) in [5.41, 5.74) is 1.26. The van der Waals surface area contributed by atoms with Crippen LogP contribution in [0.1, 0.15) is 58.1 Å². The lowest BCUT2D eigenvalue weighted by Gasteiger charge is -2.34. The predicted octanol–water partition coefficient (Wildman–Crippen LogP) is 4.04. The Bertz CT molecular complexity index is 779. The Morgan fingerprint density at radius 3 is 2.45 bits per heavy atom. The number of rotatable bonds is 8. The van der Waals surface area contributed by atoms with Gasteiger partial charge in [0, 0.05) is 32.8 Å². The Hall–Kier alpha value is -2.06. The van der Waals surface area contributed by atoms with Crippen molar-refractivity contribution in [2.45, 2.75) is 65.2 Å². The van der Waals surface area contributed by atoms with Gasteiger partial charge in [0.2, 0.25) is 0 Å². The SMILES string of the molecule is CCNC(=NCc1ccc(C#N)cc1)N1CCC(OCCCNC(=O)OC(C)(C)C)CC1.I. The van der Waals surface area contributed by atoms with E-state index in [2.05, 4.69) is 28.5 Å². The number of nitrogens with zero attached hydrogens (tertiary/aromatic N) is 3. The van der Waals surface area contributed by atoms with Gasteiger partial charge in [0.05, 0.1) is 24.3 Å². The van der Waals surface area contributed by atoms with Crippen LogP contribution in [0, 0.1) is 11.3 Å². The van der Waals surface area contributed by atoms with E-state index in [9.17, 15) is 4.79 Å². The van der Waals surface area contributed by atoms with E-state index in [1.807, 2.05) is 45.0 Å². The van der Waals surface area contributed by atoms with Crippen molar-refractivity contribution in [1.82, 2.24) is 15.5 Å². The lowest BCUT2D eigenvalue weighted by atomic mass is 10.1. The molecule has 33 heavy (non-hydrogen) atoms. The number of benzene rings is 1. The van der Waals surface area contributed by atoms with Crippen molar-refractivity contribution < 1.29 is 14.3 Å². The predicted molar refractivity (Wildman–Crippen MR) is 141 cm³/mol. The third-order valence-electron chi connectivity index (χ3n) is 4.91. The number of carbonyl (C=O) groups is 1. The zero-order valence-corrected chi connectivity index (χ0v) is 22.6. The molecule has 184 valence electrons. The van der Waals surface area contributed by atoms with E-state index in [4.69, 9.17) is 19.7 Å². The van der Waals surface area contributed by atoms with Gasteiger partial charge < -0.3 is 25.0 Å². The van der Waals surface area contributed by atoms with Crippen LogP contribution in [-0.4, -0.2) is 61.4 Å². The van der Waals surface area contributed by atoms with Crippen LogP contribution in [0.25, 0.3) is 0 Å². The summed E-state index contributed by atoms with van der Waals surface area (Å²) >= 11 is 0. The fourth-order valence-electron chi connectivity index (χ4n) is 3.34. The molecule has 0 spiro atoms. The molecule has 1 saturated heterocycles. The van der Waals surface area contributed by atoms with E-state index >= 15 is 0 Å². The summed E-state index contributed by atoms with van der Waals surface area (Å²) in [5, 5.41) is 15.1. The number of halogens is 1. The summed E-state index contributed by atoms with van der Waals surface area (Å²) in [7, 11) is 0. The molecule has 2 N–H and O–H groups in total. The van der Waals surface area contributed by atoms with Crippen molar-refractivity contribution in [2.75, 3.05) is 32.8 Å². The Balaban J connectivity index is 0.00000544. The van der Waals surface area contributed by atoms with Crippen molar-refractivity contribution in [3.05, 3.63) is 35.4 Å². The Morgan fingerprint density at radius 1 is 1.21 bits per heavy atom. The molecule has 1 aliphatic heterocycles. The summed E-state index contributed by atoms with van der Waals surface area (Å²) in [4.78, 5) is 18.7. The molecule has 0 saturated carbocycles. The van der Waals surface area contributed by atoms with Gasteiger partial charge in [0.25, 0.3) is 0 Å². The average molecular weight is 572 g/mol. The van der Waals surface area contributed by atoms with Gasteiger partial charge in [-0.3, -0.25) is 0 Å². The lowest BCUT2D eigenvalue weighted by molar-refractivity contribution is 0.0170. The van der Waals surface area contributed by atoms with Crippen LogP contribution in [0.3, 0.4) is 0 Å². The zero-order valence-electron chi connectivity index (χ0n) is 20.2. The molecule has 1 heterocycles. The summed E-state index contributed by atoms with van der Waals surface area (Å²) in [6.45, 7) is 11.9. The molecule has 0 aromatic heterocycles. The van der Waals surface area contributed by atoms with Gasteiger partial charge in [-0.05, 0) is 64.7 Å². The van der Waals surface area contributed by atoms with E-state index in [1.165, 1.54) is 0 Å². The van der Waals surface area contributed by atoms with E-state index in [0.717, 1.165) is 50.4 Å². The number of carbonyl (C=O) groups excluding carboxylic acids is 1. The molecular formula is C24H38IN5O3. The number of aliphatic imine (C=N–C) groups is 1. The highest BCUT2D eigenvalue weighted by molar-refractivity contribution is 14.0. The van der Waals surface area contributed by atoms with Crippen LogP contribution in [0.15, 0.2) is 29.3 Å². The summed E-state index contributed by atoms with van der Waals surface area (Å²) < 4.78 is 11.2. The summed E-state index contributed by atoms with van der Waals surface area (Å²) in [6, 6.07) is 9.68. The molecule has 1 aromatic rings. The molecule has 0 unspecified atom stereocenters. The van der Waals surface area contributed by atoms with Crippen molar-refractivity contribution in [2.24, 2.45) is 4.99 Å². The summed E-state index contributed by atoms with van der Waals surface area (Å²) in [5.74, 6) is 0.914. The number of nitriles is 1. The quantitative estimate of drug-likeness (QED) is 0.212. The maximum absolute atomic E-state index is 11.6. The monoisotopic (exact) mass is 571 g/mol. The van der Waals surface area contributed by atoms with Gasteiger partial charge in [-0.25, -0.2) is 9.79 Å². The van der Waals surface area contributed by atoms with Crippen LogP contribution in [0.5, 0.6) is 0 Å². The van der Waals surface area contributed by atoms with Crippen LogP contribution < -0.4 is 10.6 Å². The van der Waals surface area contributed by atoms with E-state index in [0.29, 0.717) is 25.3 Å². The van der Waals surface area contributed by atoms with E-state index in [-0.39, 0.29) is 36.2 Å². The highest BCUT2D eigenvalue weighted by Gasteiger charge is 2.22. The smallest absolute Gasteiger partial charge is 0.407 e. The molecule has 1 aromatic carbocycles. The topological polar surface area (TPSA) is 99.0 Å². The molecule has 0 aliphatic carbocycles. The third kappa shape index (κ3) is 11.6. The highest BCUT2D eigenvalue weighted by atomic mass is 127. The molecule has 9 heteroatoms. The van der Waals surface area contributed by atoms with Gasteiger partial charge in [-0.15, -0.1) is 24.0 Å². The Labute approximate surface area is 215 Å². The zero-order chi connectivity index (χ0) is 23.4. The average Bonchev–Trinajstić information content (AvgIpc) is 2.76. The minimum Gasteiger partial charge on any atom is -0.444 e. The maximum Gasteiger partial charge on any atom is 0.407 e. The first-order valence-electron chi connectivity index (χ1n) is 11.4. The summed E-state index contributed by atoms with van der Waals surface area (Å²) in [6.07, 6.45) is 2.49. The van der Waals surface area contributed by atoms with Crippen molar-refractivity contribution >= 4 is 36.0 Å². The number of piperidine rings is 1. The number of amides is 1. The van der Waals surface area contributed by atoms with Crippen molar-refractivity contribution in [1.29, 1.82) is 5.26 Å². The van der Waals surface area contributed by atoms with Crippen LogP contribution >= 0.6 is 24.0 Å². The largest absolute Gasteiger partial charge is 0.444 e. The lowest BCUT2D eigenvalue weighted by Crippen LogP contribution is -2.47. The standard InChI is InChI=1S/C24H37N5O3.HI/c1-5-26-22(28-18-20-9-7-19(17-25)8-10-20)29-14-11-21(12-15-29)31-16-6-13-27-23(30)32-24(2,3)4;/h7-10,21H,5-6,11-16,18H2,1-4H3,(H,26,28)(H,27,30);1H. The molecule has 8 nitrogen and oxygen atoms in total. The Kier molecular flexibility index (Phi) is 13.1. The molecular weight excluding hydrogens is 533 g/mol. The fourth-order valence-corrected chi connectivity index (χ4v) is 3.34. The van der Waals surface area contributed by atoms with Crippen LogP contribution in [0.4, 0.5) is 4.79 Å². The van der Waals surface area contributed by atoms with E-state index in [1.54, 1.807) is 0 Å². The first-order valence-corrected chi connectivity index (χ1v) is 11.4. The number of guanidine groups is 1. The molecule has 0 bridgehead atoms. The second-order valence-corrected chi connectivity index (χ2v) is 8.82. The molecule has 1 aliphatic rings. The Morgan fingerprint density at radius 2 is 1.88 bits per heavy atom. The van der Waals surface area contributed by atoms with Crippen molar-refractivity contribution in [3.63, 3.8) is 0 Å². The molecule has 2 rings (SSSR count).